The molecule has 0 aliphatic rings. The Bertz CT molecular complexity index is 649. The Balaban J connectivity index is 1.87. The van der Waals surface area contributed by atoms with Crippen LogP contribution in [0.3, 0.4) is 0 Å². The molecule has 1 N–H and O–H groups in total. The van der Waals surface area contributed by atoms with E-state index in [9.17, 15) is 9.18 Å². The predicted molar refractivity (Wildman–Crippen MR) is 88.4 cm³/mol. The summed E-state index contributed by atoms with van der Waals surface area (Å²) in [6.45, 7) is 2.53. The molecule has 0 saturated heterocycles. The van der Waals surface area contributed by atoms with Gasteiger partial charge in [-0.1, -0.05) is 11.6 Å². The fraction of sp³-hybridized carbons (Fsp3) is 0.188. The van der Waals surface area contributed by atoms with Gasteiger partial charge < -0.3 is 10.1 Å². The number of carbonyl (C=O) groups excluding carboxylic acids is 1. The smallest absolute Gasteiger partial charge is 0.234 e. The van der Waals surface area contributed by atoms with Crippen molar-refractivity contribution in [3.8, 4) is 5.75 Å². The van der Waals surface area contributed by atoms with Crippen LogP contribution in [0.4, 0.5) is 10.1 Å². The molecule has 22 heavy (non-hydrogen) atoms. The first kappa shape index (κ1) is 16.6. The summed E-state index contributed by atoms with van der Waals surface area (Å²) >= 11 is 7.03. The molecular weight excluding hydrogens is 325 g/mol. The molecule has 0 aliphatic carbocycles. The number of rotatable bonds is 6. The van der Waals surface area contributed by atoms with Crippen LogP contribution in [0.2, 0.25) is 5.02 Å². The van der Waals surface area contributed by atoms with Crippen LogP contribution in [0.5, 0.6) is 5.75 Å². The molecule has 0 spiro atoms. The van der Waals surface area contributed by atoms with Gasteiger partial charge in [0.15, 0.2) is 0 Å². The minimum absolute atomic E-state index is 0.127. The topological polar surface area (TPSA) is 38.3 Å². The molecule has 1 amide bonds. The third-order valence-electron chi connectivity index (χ3n) is 2.71. The van der Waals surface area contributed by atoms with Crippen molar-refractivity contribution in [2.24, 2.45) is 0 Å². The van der Waals surface area contributed by atoms with Crippen LogP contribution in [0.15, 0.2) is 47.4 Å². The molecule has 116 valence electrons. The SMILES string of the molecule is CCOc1ccc(SCC(=O)Nc2ccc(Cl)cc2F)cc1. The van der Waals surface area contributed by atoms with Gasteiger partial charge in [0.25, 0.3) is 0 Å². The third kappa shape index (κ3) is 4.93. The van der Waals surface area contributed by atoms with Gasteiger partial charge in [0, 0.05) is 9.92 Å². The maximum atomic E-state index is 13.6. The highest BCUT2D eigenvalue weighted by molar-refractivity contribution is 8.00. The zero-order valence-electron chi connectivity index (χ0n) is 11.9. The quantitative estimate of drug-likeness (QED) is 0.781. The monoisotopic (exact) mass is 339 g/mol. The zero-order chi connectivity index (χ0) is 15.9. The van der Waals surface area contributed by atoms with Crippen LogP contribution >= 0.6 is 23.4 Å². The summed E-state index contributed by atoms with van der Waals surface area (Å²) in [5.41, 5.74) is 0.127. The molecule has 0 heterocycles. The minimum atomic E-state index is -0.549. The molecule has 0 atom stereocenters. The fourth-order valence-electron chi connectivity index (χ4n) is 1.72. The van der Waals surface area contributed by atoms with Gasteiger partial charge in [0.05, 0.1) is 18.0 Å². The van der Waals surface area contributed by atoms with Gasteiger partial charge in [-0.15, -0.1) is 11.8 Å². The Morgan fingerprint density at radius 1 is 1.27 bits per heavy atom. The van der Waals surface area contributed by atoms with E-state index in [1.165, 1.54) is 23.9 Å². The van der Waals surface area contributed by atoms with Crippen molar-refractivity contribution in [2.45, 2.75) is 11.8 Å². The van der Waals surface area contributed by atoms with Crippen LogP contribution in [0.1, 0.15) is 6.92 Å². The molecule has 0 bridgehead atoms. The molecule has 0 aromatic heterocycles. The standard InChI is InChI=1S/C16H15ClFNO2S/c1-2-21-12-4-6-13(7-5-12)22-10-16(20)19-15-8-3-11(17)9-14(15)18/h3-9H,2,10H2,1H3,(H,19,20). The molecule has 2 aromatic carbocycles. The van der Waals surface area contributed by atoms with Gasteiger partial charge in [0.2, 0.25) is 5.91 Å². The normalized spacial score (nSPS) is 10.3. The van der Waals surface area contributed by atoms with E-state index in [2.05, 4.69) is 5.32 Å². The van der Waals surface area contributed by atoms with Crippen molar-refractivity contribution in [2.75, 3.05) is 17.7 Å². The van der Waals surface area contributed by atoms with Gasteiger partial charge in [-0.3, -0.25) is 4.79 Å². The van der Waals surface area contributed by atoms with Crippen molar-refractivity contribution in [3.05, 3.63) is 53.3 Å². The van der Waals surface area contributed by atoms with E-state index in [0.717, 1.165) is 16.7 Å². The highest BCUT2D eigenvalue weighted by atomic mass is 35.5. The molecule has 0 saturated carbocycles. The van der Waals surface area contributed by atoms with Gasteiger partial charge in [-0.2, -0.15) is 0 Å². The number of hydrogen-bond acceptors (Lipinski definition) is 3. The molecule has 6 heteroatoms. The summed E-state index contributed by atoms with van der Waals surface area (Å²) in [6.07, 6.45) is 0. The van der Waals surface area contributed by atoms with Crippen molar-refractivity contribution < 1.29 is 13.9 Å². The average Bonchev–Trinajstić information content (AvgIpc) is 2.50. The number of benzene rings is 2. The molecule has 2 aromatic rings. The number of ether oxygens (including phenoxy) is 1. The molecule has 2 rings (SSSR count). The lowest BCUT2D eigenvalue weighted by Crippen LogP contribution is -2.14. The Kier molecular flexibility index (Phi) is 6.10. The van der Waals surface area contributed by atoms with Crippen LogP contribution in [-0.2, 0) is 4.79 Å². The lowest BCUT2D eigenvalue weighted by Gasteiger charge is -2.07. The van der Waals surface area contributed by atoms with E-state index in [1.807, 2.05) is 31.2 Å². The Labute approximate surface area is 137 Å². The van der Waals surface area contributed by atoms with Gasteiger partial charge in [0.1, 0.15) is 11.6 Å². The molecule has 0 fully saturated rings. The van der Waals surface area contributed by atoms with Crippen molar-refractivity contribution >= 4 is 35.0 Å². The number of thioether (sulfide) groups is 1. The highest BCUT2D eigenvalue weighted by Crippen LogP contribution is 2.23. The molecule has 0 aliphatic heterocycles. The van der Waals surface area contributed by atoms with Crippen LogP contribution in [0, 0.1) is 5.82 Å². The average molecular weight is 340 g/mol. The largest absolute Gasteiger partial charge is 0.494 e. The van der Waals surface area contributed by atoms with E-state index >= 15 is 0 Å². The predicted octanol–water partition coefficient (Wildman–Crippen LogP) is 4.61. The Hall–Kier alpha value is -1.72. The number of nitrogens with one attached hydrogen (secondary N) is 1. The van der Waals surface area contributed by atoms with Gasteiger partial charge >= 0.3 is 0 Å². The van der Waals surface area contributed by atoms with Crippen molar-refractivity contribution in [1.82, 2.24) is 0 Å². The Morgan fingerprint density at radius 3 is 2.64 bits per heavy atom. The first-order chi connectivity index (χ1) is 10.6. The van der Waals surface area contributed by atoms with Crippen LogP contribution < -0.4 is 10.1 Å². The number of anilines is 1. The van der Waals surface area contributed by atoms with Crippen LogP contribution in [-0.4, -0.2) is 18.3 Å². The number of carbonyl (C=O) groups is 1. The van der Waals surface area contributed by atoms with Gasteiger partial charge in [-0.25, -0.2) is 4.39 Å². The molecule has 0 unspecified atom stereocenters. The number of amides is 1. The summed E-state index contributed by atoms with van der Waals surface area (Å²) in [6, 6.07) is 11.6. The second kappa shape index (κ2) is 8.06. The third-order valence-corrected chi connectivity index (χ3v) is 3.96. The van der Waals surface area contributed by atoms with Crippen molar-refractivity contribution in [1.29, 1.82) is 0 Å². The number of hydrogen-bond donors (Lipinski definition) is 1. The van der Waals surface area contributed by atoms with Crippen molar-refractivity contribution in [3.63, 3.8) is 0 Å². The van der Waals surface area contributed by atoms with E-state index in [0.29, 0.717) is 11.6 Å². The van der Waals surface area contributed by atoms with E-state index in [4.69, 9.17) is 16.3 Å². The Morgan fingerprint density at radius 2 is 2.00 bits per heavy atom. The summed E-state index contributed by atoms with van der Waals surface area (Å²) in [4.78, 5) is 12.8. The van der Waals surface area contributed by atoms with E-state index < -0.39 is 5.82 Å². The molecule has 0 radical (unpaired) electrons. The maximum absolute atomic E-state index is 13.6. The molecular formula is C16H15ClFNO2S. The van der Waals surface area contributed by atoms with E-state index in [1.54, 1.807) is 0 Å². The van der Waals surface area contributed by atoms with Crippen LogP contribution in [0.25, 0.3) is 0 Å². The highest BCUT2D eigenvalue weighted by Gasteiger charge is 2.08. The lowest BCUT2D eigenvalue weighted by molar-refractivity contribution is -0.113. The maximum Gasteiger partial charge on any atom is 0.234 e. The summed E-state index contributed by atoms with van der Waals surface area (Å²) in [5.74, 6) is 0.155. The van der Waals surface area contributed by atoms with E-state index in [-0.39, 0.29) is 17.3 Å². The zero-order valence-corrected chi connectivity index (χ0v) is 13.5. The fourth-order valence-corrected chi connectivity index (χ4v) is 2.58. The number of halogens is 2. The second-order valence-electron chi connectivity index (χ2n) is 4.37. The lowest BCUT2D eigenvalue weighted by atomic mass is 10.3. The first-order valence-electron chi connectivity index (χ1n) is 6.69. The second-order valence-corrected chi connectivity index (χ2v) is 5.85. The first-order valence-corrected chi connectivity index (χ1v) is 8.05. The molecule has 3 nitrogen and oxygen atoms in total. The summed E-state index contributed by atoms with van der Waals surface area (Å²) in [5, 5.41) is 2.81. The summed E-state index contributed by atoms with van der Waals surface area (Å²) in [7, 11) is 0. The van der Waals surface area contributed by atoms with Gasteiger partial charge in [-0.05, 0) is 49.4 Å². The minimum Gasteiger partial charge on any atom is -0.494 e. The summed E-state index contributed by atoms with van der Waals surface area (Å²) < 4.78 is 18.9.